The van der Waals surface area contributed by atoms with E-state index < -0.39 is 0 Å². The summed E-state index contributed by atoms with van der Waals surface area (Å²) in [5, 5.41) is 5.43. The minimum Gasteiger partial charge on any atom is -0.325 e. The average Bonchev–Trinajstić information content (AvgIpc) is 2.76. The van der Waals surface area contributed by atoms with Crippen molar-refractivity contribution in [1.29, 1.82) is 0 Å². The number of nitrogens with zero attached hydrogens (tertiary/aromatic N) is 2. The van der Waals surface area contributed by atoms with Crippen LogP contribution in [-0.2, 0) is 17.8 Å². The van der Waals surface area contributed by atoms with E-state index >= 15 is 0 Å². The Labute approximate surface area is 109 Å². The Morgan fingerprint density at radius 2 is 2.28 bits per heavy atom. The van der Waals surface area contributed by atoms with Crippen molar-refractivity contribution in [3.63, 3.8) is 0 Å². The summed E-state index contributed by atoms with van der Waals surface area (Å²) in [4.78, 5) is 20.2. The zero-order valence-corrected chi connectivity index (χ0v) is 10.8. The molecule has 2 aromatic rings. The highest BCUT2D eigenvalue weighted by Crippen LogP contribution is 2.10. The number of carbonyl (C=O) groups is 1. The highest BCUT2D eigenvalue weighted by atomic mass is 32.1. The highest BCUT2D eigenvalue weighted by Gasteiger charge is 2.08. The molecule has 0 atom stereocenters. The van der Waals surface area contributed by atoms with E-state index in [9.17, 15) is 4.79 Å². The number of pyridine rings is 1. The lowest BCUT2D eigenvalue weighted by Crippen LogP contribution is -2.15. The van der Waals surface area contributed by atoms with Crippen molar-refractivity contribution < 1.29 is 4.79 Å². The van der Waals surface area contributed by atoms with Crippen molar-refractivity contribution in [3.8, 4) is 0 Å². The summed E-state index contributed by atoms with van der Waals surface area (Å²) in [7, 11) is 0. The molecule has 0 aliphatic rings. The van der Waals surface area contributed by atoms with Crippen molar-refractivity contribution in [2.45, 2.75) is 19.9 Å². The smallest absolute Gasteiger partial charge is 0.231 e. The number of nitrogens with one attached hydrogen (secondary N) is 1. The Hall–Kier alpha value is -1.79. The number of hydrogen-bond donors (Lipinski definition) is 2. The topological polar surface area (TPSA) is 80.9 Å². The molecule has 0 saturated heterocycles. The molecule has 0 radical (unpaired) electrons. The van der Waals surface area contributed by atoms with Crippen LogP contribution in [0, 0.1) is 6.92 Å². The predicted molar refractivity (Wildman–Crippen MR) is 71.3 cm³/mol. The van der Waals surface area contributed by atoms with Crippen LogP contribution in [0.2, 0.25) is 0 Å². The summed E-state index contributed by atoms with van der Waals surface area (Å²) in [6.07, 6.45) is 0.242. The maximum atomic E-state index is 11.8. The lowest BCUT2D eigenvalue weighted by atomic mass is 10.3. The van der Waals surface area contributed by atoms with E-state index in [1.807, 2.05) is 24.4 Å². The highest BCUT2D eigenvalue weighted by molar-refractivity contribution is 7.09. The number of thiazole rings is 1. The Bertz CT molecular complexity index is 553. The number of hydrogen-bond acceptors (Lipinski definition) is 5. The van der Waals surface area contributed by atoms with Gasteiger partial charge in [-0.05, 0) is 19.1 Å². The largest absolute Gasteiger partial charge is 0.325 e. The molecule has 0 bridgehead atoms. The number of nitrogens with two attached hydrogens (primary N) is 1. The first-order valence-corrected chi connectivity index (χ1v) is 6.42. The molecule has 0 fully saturated rings. The van der Waals surface area contributed by atoms with Gasteiger partial charge in [-0.1, -0.05) is 6.07 Å². The molecule has 1 amide bonds. The number of carbonyl (C=O) groups excluding carboxylic acids is 1. The second-order valence-electron chi connectivity index (χ2n) is 3.83. The first-order chi connectivity index (χ1) is 8.67. The molecule has 2 rings (SSSR count). The van der Waals surface area contributed by atoms with Crippen LogP contribution in [0.3, 0.4) is 0 Å². The summed E-state index contributed by atoms with van der Waals surface area (Å²) in [6, 6.07) is 5.49. The summed E-state index contributed by atoms with van der Waals surface area (Å²) in [6.45, 7) is 2.29. The van der Waals surface area contributed by atoms with Gasteiger partial charge in [-0.3, -0.25) is 4.79 Å². The van der Waals surface area contributed by atoms with Crippen LogP contribution in [0.4, 0.5) is 5.82 Å². The van der Waals surface area contributed by atoms with Crippen LogP contribution in [0.5, 0.6) is 0 Å². The van der Waals surface area contributed by atoms with Gasteiger partial charge in [0, 0.05) is 17.6 Å². The molecule has 5 nitrogen and oxygen atoms in total. The fourth-order valence-electron chi connectivity index (χ4n) is 1.49. The van der Waals surface area contributed by atoms with Gasteiger partial charge >= 0.3 is 0 Å². The van der Waals surface area contributed by atoms with Crippen molar-refractivity contribution in [2.24, 2.45) is 5.73 Å². The summed E-state index contributed by atoms with van der Waals surface area (Å²) in [5.74, 6) is 0.441. The lowest BCUT2D eigenvalue weighted by molar-refractivity contribution is -0.115. The Morgan fingerprint density at radius 3 is 2.94 bits per heavy atom. The van der Waals surface area contributed by atoms with E-state index in [1.165, 1.54) is 11.3 Å². The third-order valence-corrected chi connectivity index (χ3v) is 3.19. The van der Waals surface area contributed by atoms with Gasteiger partial charge in [0.05, 0.1) is 12.1 Å². The summed E-state index contributed by atoms with van der Waals surface area (Å²) >= 11 is 1.47. The maximum Gasteiger partial charge on any atom is 0.231 e. The number of amides is 1. The zero-order valence-electron chi connectivity index (χ0n) is 10.0. The third kappa shape index (κ3) is 3.35. The Morgan fingerprint density at radius 1 is 1.44 bits per heavy atom. The quantitative estimate of drug-likeness (QED) is 0.874. The summed E-state index contributed by atoms with van der Waals surface area (Å²) < 4.78 is 0. The second-order valence-corrected chi connectivity index (χ2v) is 4.77. The van der Waals surface area contributed by atoms with Gasteiger partial charge in [-0.25, -0.2) is 9.97 Å². The molecular weight excluding hydrogens is 248 g/mol. The second kappa shape index (κ2) is 5.70. The number of aryl methyl sites for hydroxylation is 1. The molecule has 6 heteroatoms. The van der Waals surface area contributed by atoms with E-state index in [2.05, 4.69) is 15.3 Å². The van der Waals surface area contributed by atoms with Crippen molar-refractivity contribution in [1.82, 2.24) is 9.97 Å². The van der Waals surface area contributed by atoms with Gasteiger partial charge in [-0.2, -0.15) is 0 Å². The first kappa shape index (κ1) is 12.7. The molecule has 3 N–H and O–H groups in total. The third-order valence-electron chi connectivity index (χ3n) is 2.27. The lowest BCUT2D eigenvalue weighted by Gasteiger charge is -2.03. The fraction of sp³-hybridized carbons (Fsp3) is 0.250. The molecule has 0 unspecified atom stereocenters. The van der Waals surface area contributed by atoms with E-state index in [4.69, 9.17) is 5.73 Å². The van der Waals surface area contributed by atoms with Gasteiger partial charge in [0.2, 0.25) is 5.91 Å². The van der Waals surface area contributed by atoms with Crippen LogP contribution in [-0.4, -0.2) is 15.9 Å². The summed E-state index contributed by atoms with van der Waals surface area (Å²) in [5.41, 5.74) is 7.08. The van der Waals surface area contributed by atoms with Gasteiger partial charge in [-0.15, -0.1) is 11.3 Å². The molecule has 94 valence electrons. The van der Waals surface area contributed by atoms with Crippen LogP contribution in [0.25, 0.3) is 0 Å². The van der Waals surface area contributed by atoms with Crippen molar-refractivity contribution in [2.75, 3.05) is 5.32 Å². The molecule has 0 aliphatic heterocycles. The fourth-order valence-corrected chi connectivity index (χ4v) is 2.16. The van der Waals surface area contributed by atoms with E-state index in [1.54, 1.807) is 6.07 Å². The average molecular weight is 262 g/mol. The predicted octanol–water partition coefficient (Wildman–Crippen LogP) is 1.49. The first-order valence-electron chi connectivity index (χ1n) is 5.54. The normalized spacial score (nSPS) is 10.3. The van der Waals surface area contributed by atoms with E-state index in [-0.39, 0.29) is 12.3 Å². The molecule has 18 heavy (non-hydrogen) atoms. The molecule has 0 aromatic carbocycles. The van der Waals surface area contributed by atoms with E-state index in [0.717, 1.165) is 16.4 Å². The number of rotatable bonds is 4. The minimum atomic E-state index is -0.123. The SMILES string of the molecule is Cc1cccc(NC(=O)Cc2csc(CN)n2)n1. The van der Waals surface area contributed by atoms with Gasteiger partial charge in [0.25, 0.3) is 0 Å². The van der Waals surface area contributed by atoms with Gasteiger partial charge in [0.1, 0.15) is 10.8 Å². The molecule has 2 heterocycles. The minimum absolute atomic E-state index is 0.123. The van der Waals surface area contributed by atoms with Crippen LogP contribution >= 0.6 is 11.3 Å². The molecule has 0 aliphatic carbocycles. The zero-order chi connectivity index (χ0) is 13.0. The van der Waals surface area contributed by atoms with Crippen molar-refractivity contribution >= 4 is 23.1 Å². The Kier molecular flexibility index (Phi) is 4.01. The molecular formula is C12H14N4OS. The molecule has 2 aromatic heterocycles. The molecule has 0 saturated carbocycles. The van der Waals surface area contributed by atoms with Gasteiger partial charge < -0.3 is 11.1 Å². The maximum absolute atomic E-state index is 11.8. The van der Waals surface area contributed by atoms with Gasteiger partial charge in [0.15, 0.2) is 0 Å². The van der Waals surface area contributed by atoms with Crippen LogP contribution in [0.1, 0.15) is 16.4 Å². The van der Waals surface area contributed by atoms with E-state index in [0.29, 0.717) is 12.4 Å². The Balaban J connectivity index is 1.96. The monoisotopic (exact) mass is 262 g/mol. The van der Waals surface area contributed by atoms with Crippen LogP contribution in [0.15, 0.2) is 23.6 Å². The van der Waals surface area contributed by atoms with Crippen molar-refractivity contribution in [3.05, 3.63) is 40.0 Å². The molecule has 0 spiro atoms. The van der Waals surface area contributed by atoms with Crippen LogP contribution < -0.4 is 11.1 Å². The number of anilines is 1. The number of aromatic nitrogens is 2. The standard InChI is InChI=1S/C12H14N4OS/c1-8-3-2-4-10(14-8)16-11(17)5-9-7-18-12(6-13)15-9/h2-4,7H,5-6,13H2,1H3,(H,14,16,17).